The molecule has 0 unspecified atom stereocenters. The molecule has 0 saturated carbocycles. The van der Waals surface area contributed by atoms with Crippen LogP contribution in [0.1, 0.15) is 47.7 Å². The van der Waals surface area contributed by atoms with Gasteiger partial charge in [0.15, 0.2) is 0 Å². The van der Waals surface area contributed by atoms with E-state index in [9.17, 15) is 4.79 Å². The maximum absolute atomic E-state index is 12.5. The summed E-state index contributed by atoms with van der Waals surface area (Å²) in [4.78, 5) is 14.5. The highest BCUT2D eigenvalue weighted by atomic mass is 16.2. The Labute approximate surface area is 142 Å². The average Bonchev–Trinajstić information content (AvgIpc) is 3.06. The minimum absolute atomic E-state index is 0.205. The molecule has 0 radical (unpaired) electrons. The van der Waals surface area contributed by atoms with Crippen molar-refractivity contribution in [3.63, 3.8) is 0 Å². The molecule has 1 aliphatic heterocycles. The summed E-state index contributed by atoms with van der Waals surface area (Å²) in [5.41, 5.74) is 3.88. The number of nitrogens with one attached hydrogen (secondary N) is 1. The Morgan fingerprint density at radius 1 is 1.42 bits per heavy atom. The molecule has 24 heavy (non-hydrogen) atoms. The summed E-state index contributed by atoms with van der Waals surface area (Å²) in [6.07, 6.45) is 3.34. The number of nitriles is 1. The number of aryl methyl sites for hydroxylation is 2. The van der Waals surface area contributed by atoms with Crippen LogP contribution in [0.15, 0.2) is 30.3 Å². The Balaban J connectivity index is 1.55. The molecule has 5 nitrogen and oxygen atoms in total. The van der Waals surface area contributed by atoms with Crippen LogP contribution in [0, 0.1) is 18.3 Å². The monoisotopic (exact) mass is 322 g/mol. The number of hydrogen-bond donors (Lipinski definition) is 1. The third-order valence-electron chi connectivity index (χ3n) is 4.63. The van der Waals surface area contributed by atoms with E-state index in [0.29, 0.717) is 24.3 Å². The van der Waals surface area contributed by atoms with Gasteiger partial charge in [-0.25, -0.2) is 0 Å². The second-order valence-corrected chi connectivity index (χ2v) is 6.46. The Morgan fingerprint density at radius 3 is 2.88 bits per heavy atom. The molecule has 5 heteroatoms. The second kappa shape index (κ2) is 7.31. The van der Waals surface area contributed by atoms with Crippen LogP contribution in [0.25, 0.3) is 0 Å². The van der Waals surface area contributed by atoms with Crippen LogP contribution in [0.3, 0.4) is 0 Å². The molecule has 1 amide bonds. The van der Waals surface area contributed by atoms with Crippen molar-refractivity contribution in [1.29, 1.82) is 5.26 Å². The predicted molar refractivity (Wildman–Crippen MR) is 91.4 cm³/mol. The van der Waals surface area contributed by atoms with Gasteiger partial charge in [-0.3, -0.25) is 9.89 Å². The number of piperidine rings is 1. The van der Waals surface area contributed by atoms with E-state index in [2.05, 4.69) is 22.3 Å². The number of rotatable bonds is 4. The first-order valence-corrected chi connectivity index (χ1v) is 8.44. The smallest absolute Gasteiger partial charge is 0.222 e. The Bertz CT molecular complexity index is 741. The van der Waals surface area contributed by atoms with Gasteiger partial charge >= 0.3 is 0 Å². The molecule has 1 atom stereocenters. The minimum Gasteiger partial charge on any atom is -0.342 e. The van der Waals surface area contributed by atoms with Crippen molar-refractivity contribution in [2.75, 3.05) is 13.1 Å². The van der Waals surface area contributed by atoms with Crippen molar-refractivity contribution < 1.29 is 4.79 Å². The highest BCUT2D eigenvalue weighted by molar-refractivity contribution is 5.76. The molecule has 1 fully saturated rings. The Morgan fingerprint density at radius 2 is 2.21 bits per heavy atom. The Hall–Kier alpha value is -2.61. The largest absolute Gasteiger partial charge is 0.342 e. The summed E-state index contributed by atoms with van der Waals surface area (Å²) in [5.74, 6) is 0.541. The van der Waals surface area contributed by atoms with Crippen molar-refractivity contribution in [3.8, 4) is 6.07 Å². The normalized spacial score (nSPS) is 17.5. The molecular weight excluding hydrogens is 300 g/mol. The van der Waals surface area contributed by atoms with Crippen molar-refractivity contribution in [2.24, 2.45) is 0 Å². The molecule has 1 aliphatic rings. The van der Waals surface area contributed by atoms with Crippen LogP contribution in [0.4, 0.5) is 0 Å². The molecule has 3 rings (SSSR count). The van der Waals surface area contributed by atoms with E-state index < -0.39 is 0 Å². The summed E-state index contributed by atoms with van der Waals surface area (Å²) < 4.78 is 0. The lowest BCUT2D eigenvalue weighted by atomic mass is 9.94. The highest BCUT2D eigenvalue weighted by Gasteiger charge is 2.25. The maximum atomic E-state index is 12.5. The topological polar surface area (TPSA) is 72.8 Å². The zero-order chi connectivity index (χ0) is 16.9. The molecule has 1 N–H and O–H groups in total. The van der Waals surface area contributed by atoms with Gasteiger partial charge < -0.3 is 4.90 Å². The minimum atomic E-state index is 0.205. The third-order valence-corrected chi connectivity index (χ3v) is 4.63. The van der Waals surface area contributed by atoms with Crippen LogP contribution in [-0.4, -0.2) is 34.1 Å². The predicted octanol–water partition coefficient (Wildman–Crippen LogP) is 2.93. The van der Waals surface area contributed by atoms with E-state index >= 15 is 0 Å². The highest BCUT2D eigenvalue weighted by Crippen LogP contribution is 2.26. The number of aromatic nitrogens is 2. The number of nitrogens with zero attached hydrogens (tertiary/aromatic N) is 3. The van der Waals surface area contributed by atoms with Gasteiger partial charge in [-0.1, -0.05) is 12.1 Å². The molecule has 1 saturated heterocycles. The van der Waals surface area contributed by atoms with Crippen molar-refractivity contribution in [3.05, 3.63) is 52.8 Å². The molecule has 2 heterocycles. The van der Waals surface area contributed by atoms with Gasteiger partial charge in [0.05, 0.1) is 17.3 Å². The van der Waals surface area contributed by atoms with E-state index in [1.807, 2.05) is 24.0 Å². The number of hydrogen-bond acceptors (Lipinski definition) is 3. The van der Waals surface area contributed by atoms with Gasteiger partial charge in [0, 0.05) is 31.1 Å². The quantitative estimate of drug-likeness (QED) is 0.940. The lowest BCUT2D eigenvalue weighted by Gasteiger charge is -2.32. The number of carbonyl (C=O) groups excluding carboxylic acids is 1. The van der Waals surface area contributed by atoms with Crippen molar-refractivity contribution in [2.45, 2.75) is 38.5 Å². The fourth-order valence-electron chi connectivity index (χ4n) is 3.25. The fraction of sp³-hybridized carbons (Fsp3) is 0.421. The number of likely N-dealkylation sites (tertiary alicyclic amines) is 1. The van der Waals surface area contributed by atoms with Gasteiger partial charge in [0.1, 0.15) is 0 Å². The fourth-order valence-corrected chi connectivity index (χ4v) is 3.25. The first-order valence-electron chi connectivity index (χ1n) is 8.44. The van der Waals surface area contributed by atoms with Crippen LogP contribution >= 0.6 is 0 Å². The van der Waals surface area contributed by atoms with E-state index in [1.165, 1.54) is 0 Å². The van der Waals surface area contributed by atoms with Crippen molar-refractivity contribution in [1.82, 2.24) is 15.1 Å². The zero-order valence-corrected chi connectivity index (χ0v) is 14.0. The number of carbonyl (C=O) groups is 1. The van der Waals surface area contributed by atoms with E-state index in [-0.39, 0.29) is 5.91 Å². The van der Waals surface area contributed by atoms with E-state index in [0.717, 1.165) is 42.9 Å². The zero-order valence-electron chi connectivity index (χ0n) is 14.0. The number of benzene rings is 1. The first kappa shape index (κ1) is 16.3. The molecule has 0 bridgehead atoms. The van der Waals surface area contributed by atoms with Crippen molar-refractivity contribution >= 4 is 5.91 Å². The summed E-state index contributed by atoms with van der Waals surface area (Å²) in [7, 11) is 0. The lowest BCUT2D eigenvalue weighted by molar-refractivity contribution is -0.132. The van der Waals surface area contributed by atoms with Gasteiger partial charge in [0.25, 0.3) is 0 Å². The van der Waals surface area contributed by atoms with Gasteiger partial charge in [-0.15, -0.1) is 0 Å². The molecule has 1 aromatic carbocycles. The van der Waals surface area contributed by atoms with Gasteiger partial charge in [0.2, 0.25) is 5.91 Å². The first-order chi connectivity index (χ1) is 11.7. The van der Waals surface area contributed by atoms with Gasteiger partial charge in [-0.05, 0) is 49.9 Å². The number of amides is 1. The van der Waals surface area contributed by atoms with E-state index in [4.69, 9.17) is 5.26 Å². The number of aromatic amines is 1. The van der Waals surface area contributed by atoms with Crippen LogP contribution in [0.2, 0.25) is 0 Å². The summed E-state index contributed by atoms with van der Waals surface area (Å²) in [6.45, 7) is 3.60. The molecule has 1 aromatic heterocycles. The number of H-pyrrole nitrogens is 1. The lowest BCUT2D eigenvalue weighted by Crippen LogP contribution is -2.39. The molecule has 0 aliphatic carbocycles. The molecule has 0 spiro atoms. The summed E-state index contributed by atoms with van der Waals surface area (Å²) in [5, 5.41) is 16.2. The van der Waals surface area contributed by atoms with Crippen LogP contribution in [-0.2, 0) is 11.2 Å². The van der Waals surface area contributed by atoms with Gasteiger partial charge in [-0.2, -0.15) is 10.4 Å². The average molecular weight is 322 g/mol. The molecular formula is C19H22N4O. The third kappa shape index (κ3) is 3.83. The second-order valence-electron chi connectivity index (χ2n) is 6.46. The van der Waals surface area contributed by atoms with Crippen LogP contribution in [0.5, 0.6) is 0 Å². The van der Waals surface area contributed by atoms with Crippen LogP contribution < -0.4 is 0 Å². The SMILES string of the molecule is Cc1cc([C@H]2CCCN(C(=O)CCc3ccc(C#N)cc3)C2)n[nH]1. The Kier molecular flexibility index (Phi) is 4.95. The summed E-state index contributed by atoms with van der Waals surface area (Å²) in [6, 6.07) is 11.6. The maximum Gasteiger partial charge on any atom is 0.222 e. The summed E-state index contributed by atoms with van der Waals surface area (Å²) >= 11 is 0. The van der Waals surface area contributed by atoms with E-state index in [1.54, 1.807) is 12.1 Å². The molecule has 124 valence electrons. The standard InChI is InChI=1S/C19H22N4O/c1-14-11-18(22-21-14)17-3-2-10-23(13-17)19(24)9-8-15-4-6-16(12-20)7-5-15/h4-7,11,17H,2-3,8-10,13H2,1H3,(H,21,22)/t17-/m0/s1. The molecule has 2 aromatic rings.